The van der Waals surface area contributed by atoms with Crippen molar-refractivity contribution in [3.05, 3.63) is 34.1 Å². The van der Waals surface area contributed by atoms with Gasteiger partial charge in [0.25, 0.3) is 0 Å². The highest BCUT2D eigenvalue weighted by atomic mass is 16.5. The maximum atomic E-state index is 13.9. The Morgan fingerprint density at radius 1 is 1.21 bits per heavy atom. The number of ketones is 2. The minimum Gasteiger partial charge on any atom is -0.508 e. The molecule has 0 radical (unpaired) electrons. The number of fused-ring (bicyclic) bond motifs is 3. The summed E-state index contributed by atoms with van der Waals surface area (Å²) in [6, 6.07) is 0.869. The van der Waals surface area contributed by atoms with E-state index in [1.54, 1.807) is 25.1 Å². The third kappa shape index (κ3) is 4.00. The predicted octanol–water partition coefficient (Wildman–Crippen LogP) is 0.278. The summed E-state index contributed by atoms with van der Waals surface area (Å²) in [5.74, 6) is -7.48. The Hall–Kier alpha value is -2.99. The molecule has 1 amide bonds. The molecule has 4 rings (SSSR count). The second-order valence-electron chi connectivity index (χ2n) is 11.0. The van der Waals surface area contributed by atoms with Crippen LogP contribution >= 0.6 is 0 Å². The molecular weight excluding hydrogens is 494 g/mol. The number of hydrogen-bond acceptors (Lipinski definition) is 10. The standard InChI is InChI=1S/C27H37N3O8/c1-6-7-38-11-13-10-16(29(2)3)14-8-12-9-15-20(30(4)5)23(33)19(26(28)36)25(35)27(15,37)24(34)17(12)22(32)18(14)21(13)31/h10,12,15,19-20,23,31,33-34,37H,6-9,11H2,1-5H3,(H2,28,36)/t12-,15-,19?,20-,23?,27-/m0/s1. The zero-order valence-corrected chi connectivity index (χ0v) is 22.4. The highest BCUT2D eigenvalue weighted by Gasteiger charge is 2.66. The number of phenols is 1. The Balaban J connectivity index is 1.92. The number of likely N-dealkylation sites (N-methyl/N-ethyl adjacent to an activating group) is 1. The number of benzene rings is 1. The van der Waals surface area contributed by atoms with Gasteiger partial charge in [-0.1, -0.05) is 6.92 Å². The molecule has 1 saturated carbocycles. The van der Waals surface area contributed by atoms with Gasteiger partial charge in [0.1, 0.15) is 17.4 Å². The Kier molecular flexibility index (Phi) is 7.34. The van der Waals surface area contributed by atoms with Gasteiger partial charge in [0.2, 0.25) is 5.91 Å². The van der Waals surface area contributed by atoms with E-state index in [0.717, 1.165) is 6.42 Å². The van der Waals surface area contributed by atoms with Crippen molar-refractivity contribution in [2.45, 2.75) is 50.5 Å². The van der Waals surface area contributed by atoms with Crippen molar-refractivity contribution in [1.29, 1.82) is 0 Å². The van der Waals surface area contributed by atoms with Crippen LogP contribution < -0.4 is 10.6 Å². The van der Waals surface area contributed by atoms with Gasteiger partial charge in [0.05, 0.1) is 18.3 Å². The lowest BCUT2D eigenvalue weighted by Crippen LogP contribution is -2.71. The number of ether oxygens (including phenoxy) is 1. The van der Waals surface area contributed by atoms with Gasteiger partial charge in [0, 0.05) is 49.5 Å². The van der Waals surface area contributed by atoms with Crippen LogP contribution in [-0.4, -0.2) is 95.3 Å². The largest absolute Gasteiger partial charge is 0.508 e. The molecule has 6 N–H and O–H groups in total. The summed E-state index contributed by atoms with van der Waals surface area (Å²) < 4.78 is 5.61. The molecule has 1 aromatic carbocycles. The molecule has 3 aliphatic rings. The number of amides is 1. The molecule has 1 aromatic rings. The van der Waals surface area contributed by atoms with Gasteiger partial charge in [-0.2, -0.15) is 0 Å². The van der Waals surface area contributed by atoms with Crippen LogP contribution in [0.3, 0.4) is 0 Å². The smallest absolute Gasteiger partial charge is 0.230 e. The number of carbonyl (C=O) groups excluding carboxylic acids is 3. The van der Waals surface area contributed by atoms with Gasteiger partial charge in [-0.3, -0.25) is 14.4 Å². The molecule has 0 spiro atoms. The Bertz CT molecular complexity index is 1210. The second kappa shape index (κ2) is 9.96. The van der Waals surface area contributed by atoms with E-state index in [2.05, 4.69) is 0 Å². The van der Waals surface area contributed by atoms with E-state index < -0.39 is 58.7 Å². The van der Waals surface area contributed by atoms with Crippen molar-refractivity contribution in [2.24, 2.45) is 23.5 Å². The molecule has 0 bridgehead atoms. The zero-order chi connectivity index (χ0) is 28.3. The Morgan fingerprint density at radius 3 is 2.42 bits per heavy atom. The van der Waals surface area contributed by atoms with Crippen molar-refractivity contribution >= 4 is 23.2 Å². The number of Topliss-reactive ketones (excluding diaryl/α,β-unsaturated/α-hetero) is 2. The number of nitrogens with two attached hydrogens (primary N) is 1. The fraction of sp³-hybridized carbons (Fsp3) is 0.593. The topological polar surface area (TPSA) is 174 Å². The predicted molar refractivity (Wildman–Crippen MR) is 138 cm³/mol. The summed E-state index contributed by atoms with van der Waals surface area (Å²) in [4.78, 5) is 43.0. The molecule has 0 heterocycles. The Labute approximate surface area is 221 Å². The average molecular weight is 532 g/mol. The van der Waals surface area contributed by atoms with Gasteiger partial charge in [0.15, 0.2) is 17.2 Å². The summed E-state index contributed by atoms with van der Waals surface area (Å²) in [6.07, 6.45) is -0.412. The minimum atomic E-state index is -2.60. The second-order valence-corrected chi connectivity index (χ2v) is 11.0. The van der Waals surface area contributed by atoms with E-state index in [4.69, 9.17) is 10.5 Å². The van der Waals surface area contributed by atoms with E-state index in [-0.39, 0.29) is 36.3 Å². The number of rotatable bonds is 7. The van der Waals surface area contributed by atoms with Gasteiger partial charge < -0.3 is 40.7 Å². The van der Waals surface area contributed by atoms with Crippen molar-refractivity contribution in [3.63, 3.8) is 0 Å². The first-order valence-electron chi connectivity index (χ1n) is 12.8. The van der Waals surface area contributed by atoms with E-state index in [9.17, 15) is 34.8 Å². The molecule has 0 aromatic heterocycles. The van der Waals surface area contributed by atoms with Crippen LogP contribution in [0.4, 0.5) is 5.69 Å². The SMILES string of the molecule is CCCOCc1cc(N(C)C)c2c(c1O)C(=O)C1=C(O)[C@]3(O)C(=O)C(C(N)=O)C(O)[C@@H](N(C)C)[C@@H]3C[C@@H]1C2. The number of hydrogen-bond donors (Lipinski definition) is 5. The van der Waals surface area contributed by atoms with E-state index in [1.165, 1.54) is 0 Å². The average Bonchev–Trinajstić information content (AvgIpc) is 2.82. The van der Waals surface area contributed by atoms with Crippen LogP contribution in [-0.2, 0) is 27.4 Å². The van der Waals surface area contributed by atoms with Crippen molar-refractivity contribution in [3.8, 4) is 5.75 Å². The zero-order valence-electron chi connectivity index (χ0n) is 22.4. The number of carbonyl (C=O) groups is 3. The molecule has 3 aliphatic carbocycles. The molecule has 0 saturated heterocycles. The van der Waals surface area contributed by atoms with Gasteiger partial charge in [-0.15, -0.1) is 0 Å². The summed E-state index contributed by atoms with van der Waals surface area (Å²) in [6.45, 7) is 2.49. The highest BCUT2D eigenvalue weighted by molar-refractivity contribution is 6.16. The number of primary amides is 1. The van der Waals surface area contributed by atoms with Crippen LogP contribution in [0.25, 0.3) is 0 Å². The third-order valence-electron chi connectivity index (χ3n) is 8.24. The number of phenolic OH excluding ortho intramolecular Hbond substituents is 1. The molecular formula is C27H37N3O8. The van der Waals surface area contributed by atoms with E-state index in [1.807, 2.05) is 25.9 Å². The highest BCUT2D eigenvalue weighted by Crippen LogP contribution is 2.53. The minimum absolute atomic E-state index is 0.00921. The number of aliphatic hydroxyl groups is 3. The fourth-order valence-electron chi connectivity index (χ4n) is 6.54. The molecule has 208 valence electrons. The first kappa shape index (κ1) is 28.0. The van der Waals surface area contributed by atoms with Gasteiger partial charge in [-0.25, -0.2) is 0 Å². The third-order valence-corrected chi connectivity index (χ3v) is 8.24. The lowest BCUT2D eigenvalue weighted by atomic mass is 9.56. The first-order chi connectivity index (χ1) is 17.8. The van der Waals surface area contributed by atoms with E-state index in [0.29, 0.717) is 23.4 Å². The van der Waals surface area contributed by atoms with Crippen LogP contribution in [0.2, 0.25) is 0 Å². The van der Waals surface area contributed by atoms with Crippen molar-refractivity contribution < 1.29 is 39.5 Å². The van der Waals surface area contributed by atoms with Crippen LogP contribution in [0.1, 0.15) is 41.3 Å². The van der Waals surface area contributed by atoms with Crippen molar-refractivity contribution in [1.82, 2.24) is 4.90 Å². The van der Waals surface area contributed by atoms with Crippen LogP contribution in [0.5, 0.6) is 5.75 Å². The Morgan fingerprint density at radius 2 is 1.87 bits per heavy atom. The number of anilines is 1. The fourth-order valence-corrected chi connectivity index (χ4v) is 6.54. The van der Waals surface area contributed by atoms with E-state index >= 15 is 0 Å². The van der Waals surface area contributed by atoms with Crippen LogP contribution in [0, 0.1) is 17.8 Å². The lowest BCUT2D eigenvalue weighted by Gasteiger charge is -2.53. The summed E-state index contributed by atoms with van der Waals surface area (Å²) in [5, 5.41) is 45.3. The molecule has 11 nitrogen and oxygen atoms in total. The molecule has 38 heavy (non-hydrogen) atoms. The number of aromatic hydroxyl groups is 1. The summed E-state index contributed by atoms with van der Waals surface area (Å²) in [7, 11) is 6.89. The molecule has 11 heteroatoms. The molecule has 2 unspecified atom stereocenters. The number of aliphatic hydroxyl groups excluding tert-OH is 2. The maximum absolute atomic E-state index is 13.9. The summed E-state index contributed by atoms with van der Waals surface area (Å²) in [5.41, 5.74) is 4.34. The molecule has 0 aliphatic heterocycles. The molecule has 6 atom stereocenters. The number of nitrogens with zero attached hydrogens (tertiary/aromatic N) is 2. The normalized spacial score (nSPS) is 30.7. The quantitative estimate of drug-likeness (QED) is 0.243. The van der Waals surface area contributed by atoms with Gasteiger partial charge in [-0.05, 0) is 50.9 Å². The van der Waals surface area contributed by atoms with Crippen molar-refractivity contribution in [2.75, 3.05) is 39.7 Å². The van der Waals surface area contributed by atoms with Crippen LogP contribution in [0.15, 0.2) is 17.4 Å². The summed E-state index contributed by atoms with van der Waals surface area (Å²) >= 11 is 0. The monoisotopic (exact) mass is 531 g/mol. The molecule has 1 fully saturated rings. The number of allylic oxidation sites excluding steroid dienone is 1. The first-order valence-corrected chi connectivity index (χ1v) is 12.8. The van der Waals surface area contributed by atoms with Gasteiger partial charge >= 0.3 is 0 Å². The maximum Gasteiger partial charge on any atom is 0.230 e. The lowest BCUT2D eigenvalue weighted by molar-refractivity contribution is -0.178.